The van der Waals surface area contributed by atoms with Crippen molar-refractivity contribution in [3.8, 4) is 0 Å². The van der Waals surface area contributed by atoms with Gasteiger partial charge in [-0.1, -0.05) is 37.8 Å². The summed E-state index contributed by atoms with van der Waals surface area (Å²) in [6, 6.07) is 4.49. The molecule has 6 heteroatoms. The van der Waals surface area contributed by atoms with Gasteiger partial charge in [0.1, 0.15) is 4.90 Å². The van der Waals surface area contributed by atoms with Crippen LogP contribution >= 0.6 is 11.6 Å². The molecule has 0 aliphatic heterocycles. The third kappa shape index (κ3) is 4.59. The van der Waals surface area contributed by atoms with Gasteiger partial charge in [0.25, 0.3) is 0 Å². The maximum Gasteiger partial charge on any atom is 0.242 e. The van der Waals surface area contributed by atoms with Gasteiger partial charge in [-0.15, -0.1) is 0 Å². The zero-order valence-electron chi connectivity index (χ0n) is 12.3. The van der Waals surface area contributed by atoms with Crippen LogP contribution in [0.4, 0.5) is 5.69 Å². The zero-order chi connectivity index (χ0) is 15.5. The van der Waals surface area contributed by atoms with Crippen LogP contribution in [-0.2, 0) is 10.0 Å². The van der Waals surface area contributed by atoms with Crippen molar-refractivity contribution < 1.29 is 8.42 Å². The second-order valence-corrected chi connectivity index (χ2v) is 8.16. The largest absolute Gasteiger partial charge is 0.399 e. The van der Waals surface area contributed by atoms with Gasteiger partial charge in [0, 0.05) is 12.2 Å². The Morgan fingerprint density at radius 3 is 2.86 bits per heavy atom. The van der Waals surface area contributed by atoms with Crippen LogP contribution in [0.15, 0.2) is 23.1 Å². The van der Waals surface area contributed by atoms with Crippen molar-refractivity contribution in [3.63, 3.8) is 0 Å². The van der Waals surface area contributed by atoms with E-state index in [2.05, 4.69) is 11.6 Å². The summed E-state index contributed by atoms with van der Waals surface area (Å²) in [6.07, 6.45) is 5.82. The Kier molecular flexibility index (Phi) is 5.52. The van der Waals surface area contributed by atoms with Gasteiger partial charge in [-0.3, -0.25) is 0 Å². The van der Waals surface area contributed by atoms with Crippen molar-refractivity contribution in [2.24, 2.45) is 11.8 Å². The summed E-state index contributed by atoms with van der Waals surface area (Å²) < 4.78 is 27.2. The lowest BCUT2D eigenvalue weighted by molar-refractivity contribution is 0.271. The molecule has 0 amide bonds. The summed E-state index contributed by atoms with van der Waals surface area (Å²) in [6.45, 7) is 2.72. The zero-order valence-corrected chi connectivity index (χ0v) is 13.9. The minimum Gasteiger partial charge on any atom is -0.399 e. The lowest BCUT2D eigenvalue weighted by Crippen LogP contribution is -2.27. The van der Waals surface area contributed by atoms with E-state index in [-0.39, 0.29) is 9.92 Å². The fraction of sp³-hybridized carbons (Fsp3) is 0.600. The number of benzene rings is 1. The van der Waals surface area contributed by atoms with E-state index in [1.165, 1.54) is 37.8 Å². The lowest BCUT2D eigenvalue weighted by Gasteiger charge is -2.26. The van der Waals surface area contributed by atoms with Crippen LogP contribution < -0.4 is 10.5 Å². The number of sulfonamides is 1. The van der Waals surface area contributed by atoms with Gasteiger partial charge >= 0.3 is 0 Å². The van der Waals surface area contributed by atoms with Gasteiger partial charge in [0.05, 0.1) is 5.02 Å². The highest BCUT2D eigenvalue weighted by Crippen LogP contribution is 2.30. The lowest BCUT2D eigenvalue weighted by atomic mass is 9.81. The molecule has 21 heavy (non-hydrogen) atoms. The van der Waals surface area contributed by atoms with Gasteiger partial charge in [0.2, 0.25) is 10.0 Å². The molecular weight excluding hydrogens is 308 g/mol. The molecule has 0 spiro atoms. The number of nitrogens with two attached hydrogens (primary N) is 1. The summed E-state index contributed by atoms with van der Waals surface area (Å²) >= 11 is 5.95. The molecule has 1 aliphatic carbocycles. The Morgan fingerprint density at radius 2 is 2.14 bits per heavy atom. The fourth-order valence-electron chi connectivity index (χ4n) is 3.02. The van der Waals surface area contributed by atoms with Crippen molar-refractivity contribution in [1.82, 2.24) is 4.72 Å². The molecule has 2 unspecified atom stereocenters. The molecule has 1 aromatic rings. The molecule has 2 rings (SSSR count). The minimum atomic E-state index is -3.59. The Labute approximate surface area is 132 Å². The molecule has 1 aliphatic rings. The van der Waals surface area contributed by atoms with Gasteiger partial charge in [-0.25, -0.2) is 13.1 Å². The molecular formula is C15H23ClN2O2S. The predicted octanol–water partition coefficient (Wildman–Crippen LogP) is 3.42. The molecule has 4 nitrogen and oxygen atoms in total. The number of nitrogen functional groups attached to an aromatic ring is 1. The van der Waals surface area contributed by atoms with Crippen molar-refractivity contribution >= 4 is 27.3 Å². The topological polar surface area (TPSA) is 72.2 Å². The van der Waals surface area contributed by atoms with E-state index < -0.39 is 10.0 Å². The predicted molar refractivity (Wildman–Crippen MR) is 86.8 cm³/mol. The number of hydrogen-bond donors (Lipinski definition) is 2. The Bertz CT molecular complexity index is 589. The first kappa shape index (κ1) is 16.6. The van der Waals surface area contributed by atoms with Crippen LogP contribution in [0.1, 0.15) is 39.0 Å². The molecule has 0 heterocycles. The van der Waals surface area contributed by atoms with E-state index in [9.17, 15) is 8.42 Å². The van der Waals surface area contributed by atoms with E-state index in [1.807, 2.05) is 0 Å². The Morgan fingerprint density at radius 1 is 1.38 bits per heavy atom. The SMILES string of the molecule is CC1CCCC(CCNS(=O)(=O)c2cc(N)ccc2Cl)C1. The van der Waals surface area contributed by atoms with Crippen molar-refractivity contribution in [3.05, 3.63) is 23.2 Å². The average Bonchev–Trinajstić information content (AvgIpc) is 2.41. The maximum absolute atomic E-state index is 12.3. The molecule has 118 valence electrons. The van der Waals surface area contributed by atoms with Crippen LogP contribution in [0.2, 0.25) is 5.02 Å². The van der Waals surface area contributed by atoms with Crippen LogP contribution in [0.25, 0.3) is 0 Å². The molecule has 2 atom stereocenters. The standard InChI is InChI=1S/C15H23ClN2O2S/c1-11-3-2-4-12(9-11)7-8-18-21(19,20)15-10-13(17)5-6-14(15)16/h5-6,10-12,18H,2-4,7-9,17H2,1H3. The Hall–Kier alpha value is -0.780. The first-order valence-corrected chi connectivity index (χ1v) is 9.29. The van der Waals surface area contributed by atoms with E-state index in [0.29, 0.717) is 18.2 Å². The number of hydrogen-bond acceptors (Lipinski definition) is 3. The first-order valence-electron chi connectivity index (χ1n) is 7.43. The second kappa shape index (κ2) is 6.99. The molecule has 1 fully saturated rings. The summed E-state index contributed by atoms with van der Waals surface area (Å²) in [7, 11) is -3.59. The van der Waals surface area contributed by atoms with Crippen LogP contribution in [0, 0.1) is 11.8 Å². The van der Waals surface area contributed by atoms with Crippen molar-refractivity contribution in [1.29, 1.82) is 0 Å². The third-order valence-corrected chi connectivity index (χ3v) is 6.08. The van der Waals surface area contributed by atoms with Crippen LogP contribution in [0.3, 0.4) is 0 Å². The number of nitrogens with one attached hydrogen (secondary N) is 1. The smallest absolute Gasteiger partial charge is 0.242 e. The highest BCUT2D eigenvalue weighted by molar-refractivity contribution is 7.89. The molecule has 1 aromatic carbocycles. The normalized spacial score (nSPS) is 23.1. The fourth-order valence-corrected chi connectivity index (χ4v) is 4.60. The molecule has 3 N–H and O–H groups in total. The molecule has 0 aromatic heterocycles. The van der Waals surface area contributed by atoms with Crippen LogP contribution in [0.5, 0.6) is 0 Å². The van der Waals surface area contributed by atoms with E-state index in [4.69, 9.17) is 17.3 Å². The quantitative estimate of drug-likeness (QED) is 0.812. The Balaban J connectivity index is 1.93. The monoisotopic (exact) mass is 330 g/mol. The highest BCUT2D eigenvalue weighted by Gasteiger charge is 2.21. The van der Waals surface area contributed by atoms with E-state index >= 15 is 0 Å². The number of halogens is 1. The number of anilines is 1. The van der Waals surface area contributed by atoms with E-state index in [0.717, 1.165) is 12.3 Å². The number of rotatable bonds is 5. The molecule has 1 saturated carbocycles. The summed E-state index contributed by atoms with van der Waals surface area (Å²) in [5, 5.41) is 0.197. The average molecular weight is 331 g/mol. The van der Waals surface area contributed by atoms with Gasteiger partial charge in [-0.05, 0) is 42.9 Å². The minimum absolute atomic E-state index is 0.0566. The van der Waals surface area contributed by atoms with Crippen molar-refractivity contribution in [2.75, 3.05) is 12.3 Å². The van der Waals surface area contributed by atoms with Gasteiger partial charge < -0.3 is 5.73 Å². The van der Waals surface area contributed by atoms with Crippen LogP contribution in [-0.4, -0.2) is 15.0 Å². The molecule has 0 saturated heterocycles. The first-order chi connectivity index (χ1) is 9.88. The van der Waals surface area contributed by atoms with Gasteiger partial charge in [-0.2, -0.15) is 0 Å². The second-order valence-electron chi connectivity index (χ2n) is 6.01. The molecule has 0 bridgehead atoms. The maximum atomic E-state index is 12.3. The summed E-state index contributed by atoms with van der Waals surface area (Å²) in [5.74, 6) is 1.37. The highest BCUT2D eigenvalue weighted by atomic mass is 35.5. The molecule has 0 radical (unpaired) electrons. The van der Waals surface area contributed by atoms with Crippen molar-refractivity contribution in [2.45, 2.75) is 43.9 Å². The van der Waals surface area contributed by atoms with Gasteiger partial charge in [0.15, 0.2) is 0 Å². The van der Waals surface area contributed by atoms with E-state index in [1.54, 1.807) is 6.07 Å². The summed E-state index contributed by atoms with van der Waals surface area (Å²) in [5.41, 5.74) is 6.02. The summed E-state index contributed by atoms with van der Waals surface area (Å²) in [4.78, 5) is 0.0566. The third-order valence-electron chi connectivity index (χ3n) is 4.13.